The van der Waals surface area contributed by atoms with Gasteiger partial charge < -0.3 is 15.2 Å². The highest BCUT2D eigenvalue weighted by Gasteiger charge is 2.09. The molecule has 0 saturated carbocycles. The molecule has 0 aliphatic carbocycles. The minimum Gasteiger partial charge on any atom is -0.387 e. The van der Waals surface area contributed by atoms with Crippen LogP contribution in [-0.4, -0.2) is 31.4 Å². The number of hydrogen-bond acceptors (Lipinski definition) is 3. The molecule has 0 radical (unpaired) electrons. The summed E-state index contributed by atoms with van der Waals surface area (Å²) in [5.41, 5.74) is 0.922. The van der Waals surface area contributed by atoms with Gasteiger partial charge in [0.15, 0.2) is 0 Å². The highest BCUT2D eigenvalue weighted by atomic mass is 79.9. The Morgan fingerprint density at radius 3 is 2.88 bits per heavy atom. The molecule has 0 spiro atoms. The van der Waals surface area contributed by atoms with E-state index in [0.717, 1.165) is 23.1 Å². The summed E-state index contributed by atoms with van der Waals surface area (Å²) in [5.74, 6) is 0. The maximum atomic E-state index is 10.0. The molecule has 0 aromatic heterocycles. The molecule has 1 aromatic rings. The van der Waals surface area contributed by atoms with E-state index in [1.807, 2.05) is 24.3 Å². The predicted octanol–water partition coefficient (Wildman–Crippen LogP) is 2.50. The van der Waals surface area contributed by atoms with Crippen LogP contribution in [0.4, 0.5) is 0 Å². The smallest absolute Gasteiger partial charge is 0.0914 e. The second-order valence-electron chi connectivity index (χ2n) is 4.16. The molecule has 2 atom stereocenters. The number of ether oxygens (including phenoxy) is 1. The lowest BCUT2D eigenvalue weighted by Gasteiger charge is -2.17. The van der Waals surface area contributed by atoms with Gasteiger partial charge in [0.2, 0.25) is 0 Å². The molecule has 1 rings (SSSR count). The van der Waals surface area contributed by atoms with Gasteiger partial charge in [-0.3, -0.25) is 0 Å². The number of aliphatic hydroxyl groups is 1. The van der Waals surface area contributed by atoms with E-state index in [4.69, 9.17) is 4.74 Å². The van der Waals surface area contributed by atoms with Gasteiger partial charge in [0, 0.05) is 30.8 Å². The van der Waals surface area contributed by atoms with Gasteiger partial charge in [-0.1, -0.05) is 28.1 Å². The maximum Gasteiger partial charge on any atom is 0.0914 e. The van der Waals surface area contributed by atoms with Crippen LogP contribution in [0, 0.1) is 0 Å². The Morgan fingerprint density at radius 2 is 2.24 bits per heavy atom. The second-order valence-corrected chi connectivity index (χ2v) is 5.08. The summed E-state index contributed by atoms with van der Waals surface area (Å²) < 4.78 is 6.00. The van der Waals surface area contributed by atoms with Gasteiger partial charge in [-0.05, 0) is 31.0 Å². The minimum atomic E-state index is -0.475. The van der Waals surface area contributed by atoms with Crippen molar-refractivity contribution in [2.24, 2.45) is 0 Å². The summed E-state index contributed by atoms with van der Waals surface area (Å²) in [6, 6.07) is 8.09. The van der Waals surface area contributed by atoms with Gasteiger partial charge in [-0.2, -0.15) is 0 Å². The summed E-state index contributed by atoms with van der Waals surface area (Å²) in [6.07, 6.45) is 0.472. The number of methoxy groups -OCH3 is 1. The first kappa shape index (κ1) is 14.6. The quantitative estimate of drug-likeness (QED) is 0.813. The van der Waals surface area contributed by atoms with Crippen LogP contribution in [-0.2, 0) is 4.74 Å². The molecule has 0 aliphatic rings. The third-order valence-electron chi connectivity index (χ3n) is 2.65. The van der Waals surface area contributed by atoms with Crippen molar-refractivity contribution in [1.82, 2.24) is 5.32 Å². The van der Waals surface area contributed by atoms with Gasteiger partial charge in [-0.25, -0.2) is 0 Å². The summed E-state index contributed by atoms with van der Waals surface area (Å²) in [4.78, 5) is 0. The SMILES string of the molecule is COCCC(C)NCC(O)c1cccc(Br)c1. The molecule has 2 unspecified atom stereocenters. The summed E-state index contributed by atoms with van der Waals surface area (Å²) in [7, 11) is 1.70. The van der Waals surface area contributed by atoms with E-state index in [-0.39, 0.29) is 0 Å². The van der Waals surface area contributed by atoms with Crippen LogP contribution in [0.1, 0.15) is 25.0 Å². The van der Waals surface area contributed by atoms with Crippen LogP contribution in [0.5, 0.6) is 0 Å². The highest BCUT2D eigenvalue weighted by Crippen LogP contribution is 2.17. The summed E-state index contributed by atoms with van der Waals surface area (Å²) in [5, 5.41) is 13.3. The zero-order valence-electron chi connectivity index (χ0n) is 10.3. The monoisotopic (exact) mass is 301 g/mol. The molecule has 0 amide bonds. The van der Waals surface area contributed by atoms with Gasteiger partial charge in [0.1, 0.15) is 0 Å². The van der Waals surface area contributed by atoms with Crippen LogP contribution in [0.2, 0.25) is 0 Å². The first-order valence-electron chi connectivity index (χ1n) is 5.79. The Morgan fingerprint density at radius 1 is 1.47 bits per heavy atom. The Labute approximate surface area is 111 Å². The maximum absolute atomic E-state index is 10.0. The van der Waals surface area contributed by atoms with Crippen molar-refractivity contribution in [1.29, 1.82) is 0 Å². The third-order valence-corrected chi connectivity index (χ3v) is 3.14. The Balaban J connectivity index is 2.36. The van der Waals surface area contributed by atoms with Crippen LogP contribution in [0.15, 0.2) is 28.7 Å². The first-order valence-corrected chi connectivity index (χ1v) is 6.58. The van der Waals surface area contributed by atoms with Crippen LogP contribution in [0.3, 0.4) is 0 Å². The van der Waals surface area contributed by atoms with Gasteiger partial charge in [0.05, 0.1) is 6.10 Å². The molecule has 2 N–H and O–H groups in total. The standard InChI is InChI=1S/C13H20BrNO2/c1-10(6-7-17-2)15-9-13(16)11-4-3-5-12(14)8-11/h3-5,8,10,13,15-16H,6-7,9H2,1-2H3. The third kappa shape index (κ3) is 5.64. The van der Waals surface area contributed by atoms with Crippen molar-refractivity contribution in [2.75, 3.05) is 20.3 Å². The molecular formula is C13H20BrNO2. The average Bonchev–Trinajstić information content (AvgIpc) is 2.33. The highest BCUT2D eigenvalue weighted by molar-refractivity contribution is 9.10. The molecule has 0 fully saturated rings. The minimum absolute atomic E-state index is 0.344. The van der Waals surface area contributed by atoms with Crippen molar-refractivity contribution < 1.29 is 9.84 Å². The number of hydrogen-bond donors (Lipinski definition) is 2. The second kappa shape index (κ2) is 7.82. The lowest BCUT2D eigenvalue weighted by Crippen LogP contribution is -2.31. The number of nitrogens with one attached hydrogen (secondary N) is 1. The molecule has 4 heteroatoms. The Kier molecular flexibility index (Phi) is 6.73. The normalized spacial score (nSPS) is 14.6. The van der Waals surface area contributed by atoms with Crippen LogP contribution in [0.25, 0.3) is 0 Å². The van der Waals surface area contributed by atoms with Gasteiger partial charge >= 0.3 is 0 Å². The largest absolute Gasteiger partial charge is 0.387 e. The fourth-order valence-electron chi connectivity index (χ4n) is 1.54. The zero-order valence-corrected chi connectivity index (χ0v) is 11.9. The zero-order chi connectivity index (χ0) is 12.7. The molecule has 1 aromatic carbocycles. The van der Waals surface area contributed by atoms with E-state index in [1.54, 1.807) is 7.11 Å². The molecule has 0 aliphatic heterocycles. The lowest BCUT2D eigenvalue weighted by molar-refractivity contribution is 0.158. The van der Waals surface area contributed by atoms with Crippen LogP contribution < -0.4 is 5.32 Å². The van der Waals surface area contributed by atoms with Crippen LogP contribution >= 0.6 is 15.9 Å². The molecule has 0 bridgehead atoms. The predicted molar refractivity (Wildman–Crippen MR) is 73.1 cm³/mol. The van der Waals surface area contributed by atoms with E-state index in [0.29, 0.717) is 12.6 Å². The lowest BCUT2D eigenvalue weighted by atomic mass is 10.1. The molecule has 3 nitrogen and oxygen atoms in total. The number of halogens is 1. The molecule has 0 heterocycles. The van der Waals surface area contributed by atoms with Crippen molar-refractivity contribution >= 4 is 15.9 Å². The van der Waals surface area contributed by atoms with Crippen molar-refractivity contribution in [3.8, 4) is 0 Å². The van der Waals surface area contributed by atoms with Crippen molar-refractivity contribution in [2.45, 2.75) is 25.5 Å². The van der Waals surface area contributed by atoms with E-state index >= 15 is 0 Å². The molecular weight excluding hydrogens is 282 g/mol. The van der Waals surface area contributed by atoms with E-state index in [9.17, 15) is 5.11 Å². The first-order chi connectivity index (χ1) is 8.13. The molecule has 96 valence electrons. The Bertz CT molecular complexity index is 333. The Hall–Kier alpha value is -0.420. The summed E-state index contributed by atoms with van der Waals surface area (Å²) >= 11 is 3.40. The van der Waals surface area contributed by atoms with E-state index in [1.165, 1.54) is 0 Å². The molecule has 17 heavy (non-hydrogen) atoms. The van der Waals surface area contributed by atoms with Gasteiger partial charge in [-0.15, -0.1) is 0 Å². The number of rotatable bonds is 7. The van der Waals surface area contributed by atoms with Crippen molar-refractivity contribution in [3.63, 3.8) is 0 Å². The molecule has 0 saturated heterocycles. The number of aliphatic hydroxyl groups excluding tert-OH is 1. The van der Waals surface area contributed by atoms with E-state index < -0.39 is 6.10 Å². The average molecular weight is 302 g/mol. The van der Waals surface area contributed by atoms with Gasteiger partial charge in [0.25, 0.3) is 0 Å². The van der Waals surface area contributed by atoms with E-state index in [2.05, 4.69) is 28.2 Å². The number of benzene rings is 1. The van der Waals surface area contributed by atoms with Crippen molar-refractivity contribution in [3.05, 3.63) is 34.3 Å². The fourth-order valence-corrected chi connectivity index (χ4v) is 1.96. The summed E-state index contributed by atoms with van der Waals surface area (Å²) in [6.45, 7) is 3.38. The topological polar surface area (TPSA) is 41.5 Å². The fraction of sp³-hybridized carbons (Fsp3) is 0.538.